The third-order valence-electron chi connectivity index (χ3n) is 5.78. The lowest BCUT2D eigenvalue weighted by Gasteiger charge is -2.29. The van der Waals surface area contributed by atoms with Crippen LogP contribution in [0.15, 0.2) is 91.3 Å². The SMILES string of the molecule is CC(C)Oc1ccc(N2C(=S)N[C@@H](c3ccccn3)[C@H]2c2cccn2-c2ccccc2F)cc1. The number of anilines is 1. The van der Waals surface area contributed by atoms with E-state index in [1.165, 1.54) is 6.07 Å². The summed E-state index contributed by atoms with van der Waals surface area (Å²) >= 11 is 5.81. The van der Waals surface area contributed by atoms with E-state index >= 15 is 0 Å². The maximum absolute atomic E-state index is 14.8. The molecule has 0 bridgehead atoms. The third-order valence-corrected chi connectivity index (χ3v) is 6.09. The maximum Gasteiger partial charge on any atom is 0.174 e. The van der Waals surface area contributed by atoms with E-state index in [9.17, 15) is 4.39 Å². The highest BCUT2D eigenvalue weighted by Gasteiger charge is 2.42. The molecule has 172 valence electrons. The van der Waals surface area contributed by atoms with Crippen LogP contribution in [0.4, 0.5) is 10.1 Å². The molecule has 0 radical (unpaired) electrons. The van der Waals surface area contributed by atoms with Crippen LogP contribution >= 0.6 is 12.2 Å². The number of benzene rings is 2. The number of ether oxygens (including phenoxy) is 1. The minimum absolute atomic E-state index is 0.0886. The van der Waals surface area contributed by atoms with E-state index in [4.69, 9.17) is 17.0 Å². The molecule has 1 N–H and O–H groups in total. The molecule has 5 rings (SSSR count). The van der Waals surface area contributed by atoms with Crippen molar-refractivity contribution in [1.29, 1.82) is 0 Å². The van der Waals surface area contributed by atoms with Gasteiger partial charge < -0.3 is 19.5 Å². The molecule has 7 heteroatoms. The summed E-state index contributed by atoms with van der Waals surface area (Å²) in [5, 5.41) is 4.04. The van der Waals surface area contributed by atoms with E-state index in [1.54, 1.807) is 18.3 Å². The Morgan fingerprint density at radius 2 is 1.74 bits per heavy atom. The Morgan fingerprint density at radius 1 is 0.971 bits per heavy atom. The molecule has 1 fully saturated rings. The number of hydrogen-bond acceptors (Lipinski definition) is 3. The molecule has 1 saturated heterocycles. The summed E-state index contributed by atoms with van der Waals surface area (Å²) in [6.45, 7) is 4.00. The average Bonchev–Trinajstić information content (AvgIpc) is 3.44. The van der Waals surface area contributed by atoms with Crippen molar-refractivity contribution in [3.05, 3.63) is 108 Å². The zero-order valence-electron chi connectivity index (χ0n) is 18.9. The molecule has 1 aliphatic rings. The molecule has 0 saturated carbocycles. The number of aromatic nitrogens is 2. The highest BCUT2D eigenvalue weighted by atomic mass is 32.1. The molecule has 2 aromatic heterocycles. The van der Waals surface area contributed by atoms with Crippen LogP contribution in [-0.4, -0.2) is 20.8 Å². The van der Waals surface area contributed by atoms with Crippen LogP contribution in [0, 0.1) is 5.82 Å². The van der Waals surface area contributed by atoms with Crippen molar-refractivity contribution in [3.63, 3.8) is 0 Å². The Morgan fingerprint density at radius 3 is 2.44 bits per heavy atom. The topological polar surface area (TPSA) is 42.3 Å². The molecule has 0 aliphatic carbocycles. The van der Waals surface area contributed by atoms with Gasteiger partial charge in [0.15, 0.2) is 5.11 Å². The maximum atomic E-state index is 14.8. The first-order chi connectivity index (χ1) is 16.5. The van der Waals surface area contributed by atoms with Gasteiger partial charge in [-0.2, -0.15) is 0 Å². The van der Waals surface area contributed by atoms with Crippen LogP contribution in [0.5, 0.6) is 5.75 Å². The third kappa shape index (κ3) is 4.15. The molecule has 3 heterocycles. The monoisotopic (exact) mass is 472 g/mol. The minimum atomic E-state index is -0.287. The number of para-hydroxylation sites is 1. The van der Waals surface area contributed by atoms with E-state index < -0.39 is 0 Å². The van der Waals surface area contributed by atoms with Gasteiger partial charge in [0.1, 0.15) is 17.6 Å². The Bertz CT molecular complexity index is 1290. The summed E-state index contributed by atoms with van der Waals surface area (Å²) in [6.07, 6.45) is 3.74. The molecule has 0 amide bonds. The summed E-state index contributed by atoms with van der Waals surface area (Å²) in [5.41, 5.74) is 3.16. The van der Waals surface area contributed by atoms with Crippen molar-refractivity contribution in [1.82, 2.24) is 14.9 Å². The lowest BCUT2D eigenvalue weighted by molar-refractivity contribution is 0.242. The van der Waals surface area contributed by atoms with Crippen LogP contribution in [0.25, 0.3) is 5.69 Å². The predicted molar refractivity (Wildman–Crippen MR) is 136 cm³/mol. The first kappa shape index (κ1) is 22.1. The number of rotatable bonds is 6. The van der Waals surface area contributed by atoms with Gasteiger partial charge in [-0.1, -0.05) is 18.2 Å². The van der Waals surface area contributed by atoms with Crippen LogP contribution in [0.2, 0.25) is 0 Å². The zero-order valence-corrected chi connectivity index (χ0v) is 19.7. The van der Waals surface area contributed by atoms with E-state index in [2.05, 4.69) is 15.2 Å². The molecule has 0 spiro atoms. The lowest BCUT2D eigenvalue weighted by Crippen LogP contribution is -2.30. The molecule has 5 nitrogen and oxygen atoms in total. The van der Waals surface area contributed by atoms with Crippen molar-refractivity contribution in [2.24, 2.45) is 0 Å². The smallest absolute Gasteiger partial charge is 0.174 e. The second-order valence-electron chi connectivity index (χ2n) is 8.41. The van der Waals surface area contributed by atoms with Gasteiger partial charge in [-0.3, -0.25) is 4.98 Å². The van der Waals surface area contributed by atoms with Crippen molar-refractivity contribution in [2.45, 2.75) is 32.0 Å². The summed E-state index contributed by atoms with van der Waals surface area (Å²) in [5.74, 6) is 0.508. The number of pyridine rings is 1. The Labute approximate surface area is 203 Å². The van der Waals surface area contributed by atoms with Crippen molar-refractivity contribution in [3.8, 4) is 11.4 Å². The minimum Gasteiger partial charge on any atom is -0.491 e. The van der Waals surface area contributed by atoms with Crippen molar-refractivity contribution in [2.75, 3.05) is 4.90 Å². The fourth-order valence-electron chi connectivity index (χ4n) is 4.39. The molecule has 0 unspecified atom stereocenters. The average molecular weight is 473 g/mol. The largest absolute Gasteiger partial charge is 0.491 e. The van der Waals surface area contributed by atoms with Crippen LogP contribution in [0.1, 0.15) is 37.3 Å². The molecule has 34 heavy (non-hydrogen) atoms. The summed E-state index contributed by atoms with van der Waals surface area (Å²) in [7, 11) is 0. The fourth-order valence-corrected chi connectivity index (χ4v) is 4.74. The van der Waals surface area contributed by atoms with E-state index in [0.29, 0.717) is 10.8 Å². The fraction of sp³-hybridized carbons (Fsp3) is 0.185. The van der Waals surface area contributed by atoms with Crippen molar-refractivity contribution >= 4 is 23.0 Å². The Kier molecular flexibility index (Phi) is 6.02. The Balaban J connectivity index is 1.62. The number of nitrogens with one attached hydrogen (secondary N) is 1. The van der Waals surface area contributed by atoms with E-state index in [1.807, 2.05) is 85.3 Å². The standard InChI is InChI=1S/C27H25FN4OS/c1-18(2)33-20-14-12-19(13-15-20)32-26(25(30-27(32)34)22-9-5-6-16-29-22)24-11-7-17-31(24)23-10-4-3-8-21(23)28/h3-18,25-26H,1-2H3,(H,30,34)/t25-,26+/m0/s1. The van der Waals surface area contributed by atoms with Gasteiger partial charge in [0.2, 0.25) is 0 Å². The quantitative estimate of drug-likeness (QED) is 0.350. The van der Waals surface area contributed by atoms with Crippen LogP contribution in [-0.2, 0) is 0 Å². The van der Waals surface area contributed by atoms with E-state index in [0.717, 1.165) is 22.8 Å². The highest BCUT2D eigenvalue weighted by molar-refractivity contribution is 7.80. The molecular weight excluding hydrogens is 447 g/mol. The van der Waals surface area contributed by atoms with Gasteiger partial charge in [0.05, 0.1) is 23.5 Å². The molecule has 2 atom stereocenters. The summed E-state index contributed by atoms with van der Waals surface area (Å²) in [6, 6.07) is 23.9. The Hall–Kier alpha value is -3.71. The predicted octanol–water partition coefficient (Wildman–Crippen LogP) is 5.98. The van der Waals surface area contributed by atoms with E-state index in [-0.39, 0.29) is 24.0 Å². The van der Waals surface area contributed by atoms with Gasteiger partial charge in [-0.25, -0.2) is 4.39 Å². The van der Waals surface area contributed by atoms with Gasteiger partial charge in [0.25, 0.3) is 0 Å². The van der Waals surface area contributed by atoms with Crippen LogP contribution in [0.3, 0.4) is 0 Å². The second-order valence-corrected chi connectivity index (χ2v) is 8.80. The van der Waals surface area contributed by atoms with Gasteiger partial charge in [-0.05, 0) is 86.7 Å². The zero-order chi connectivity index (χ0) is 23.7. The highest BCUT2D eigenvalue weighted by Crippen LogP contribution is 2.42. The molecular formula is C27H25FN4OS. The molecule has 1 aliphatic heterocycles. The number of thiocarbonyl (C=S) groups is 1. The number of nitrogens with zero attached hydrogens (tertiary/aromatic N) is 3. The number of hydrogen-bond donors (Lipinski definition) is 1. The molecule has 2 aromatic carbocycles. The van der Waals surface area contributed by atoms with Gasteiger partial charge >= 0.3 is 0 Å². The normalized spacial score (nSPS) is 17.8. The summed E-state index contributed by atoms with van der Waals surface area (Å²) < 4.78 is 22.5. The lowest BCUT2D eigenvalue weighted by atomic mass is 10.0. The number of halogens is 1. The van der Waals surface area contributed by atoms with Crippen molar-refractivity contribution < 1.29 is 9.13 Å². The van der Waals surface area contributed by atoms with Crippen LogP contribution < -0.4 is 15.0 Å². The first-order valence-corrected chi connectivity index (χ1v) is 11.6. The molecule has 4 aromatic rings. The van der Waals surface area contributed by atoms with Gasteiger partial charge in [-0.15, -0.1) is 0 Å². The first-order valence-electron chi connectivity index (χ1n) is 11.2. The van der Waals surface area contributed by atoms with Gasteiger partial charge in [0, 0.05) is 23.8 Å². The summed E-state index contributed by atoms with van der Waals surface area (Å²) in [4.78, 5) is 6.67. The second kappa shape index (κ2) is 9.27.